The van der Waals surface area contributed by atoms with Gasteiger partial charge in [-0.3, -0.25) is 0 Å². The van der Waals surface area contributed by atoms with Crippen LogP contribution in [-0.2, 0) is 21.7 Å². The van der Waals surface area contributed by atoms with Crippen molar-refractivity contribution in [1.82, 2.24) is 0 Å². The third kappa shape index (κ3) is 4.57. The highest BCUT2D eigenvalue weighted by molar-refractivity contribution is 6.11. The highest BCUT2D eigenvalue weighted by Gasteiger charge is 2.50. The second-order valence-corrected chi connectivity index (χ2v) is 19.5. The molecule has 2 nitrogen and oxygen atoms in total. The Morgan fingerprint density at radius 1 is 0.417 bits per heavy atom. The zero-order chi connectivity index (χ0) is 41.7. The fraction of sp³-hybridized carbons (Fsp3) is 0.207. The maximum absolute atomic E-state index is 9.54. The number of nitrogens with zero attached hydrogens (tertiary/aromatic N) is 2. The zero-order valence-electron chi connectivity index (χ0n) is 35.6. The summed E-state index contributed by atoms with van der Waals surface area (Å²) in [4.78, 5) is 3.66. The van der Waals surface area contributed by atoms with Crippen LogP contribution in [0.1, 0.15) is 94.3 Å². The van der Waals surface area contributed by atoms with Crippen LogP contribution in [0, 0.1) is 17.9 Å². The Labute approximate surface area is 353 Å². The lowest BCUT2D eigenvalue weighted by atomic mass is 9.54. The highest BCUT2D eigenvalue weighted by atomic mass is 14.6. The second kappa shape index (κ2) is 11.9. The molecule has 0 spiro atoms. The lowest BCUT2D eigenvalue weighted by Gasteiger charge is -2.49. The van der Waals surface area contributed by atoms with E-state index in [4.69, 9.17) is 6.57 Å². The van der Waals surface area contributed by atoms with Gasteiger partial charge in [-0.2, -0.15) is 5.26 Å². The van der Waals surface area contributed by atoms with Crippen molar-refractivity contribution in [3.8, 4) is 61.7 Å². The molecule has 3 aliphatic carbocycles. The van der Waals surface area contributed by atoms with Gasteiger partial charge in [-0.05, 0) is 170 Å². The predicted octanol–water partition coefficient (Wildman–Crippen LogP) is 15.6. The number of hydrogen-bond donors (Lipinski definition) is 0. The Morgan fingerprint density at radius 2 is 0.783 bits per heavy atom. The van der Waals surface area contributed by atoms with E-state index in [2.05, 4.69) is 175 Å². The summed E-state index contributed by atoms with van der Waals surface area (Å²) in [5.74, 6) is 0. The summed E-state index contributed by atoms with van der Waals surface area (Å²) in [6, 6.07) is 51.4. The van der Waals surface area contributed by atoms with Gasteiger partial charge in [0.1, 0.15) is 0 Å². The van der Waals surface area contributed by atoms with Crippen LogP contribution >= 0.6 is 0 Å². The van der Waals surface area contributed by atoms with E-state index in [0.717, 1.165) is 11.1 Å². The second-order valence-electron chi connectivity index (χ2n) is 19.5. The molecule has 0 saturated carbocycles. The maximum atomic E-state index is 9.54. The van der Waals surface area contributed by atoms with Gasteiger partial charge in [-0.15, -0.1) is 0 Å². The molecule has 0 unspecified atom stereocenters. The fourth-order valence-corrected chi connectivity index (χ4v) is 11.3. The third-order valence-corrected chi connectivity index (χ3v) is 15.5. The minimum absolute atomic E-state index is 0.176. The van der Waals surface area contributed by atoms with E-state index in [1.165, 1.54) is 99.4 Å². The van der Waals surface area contributed by atoms with Crippen molar-refractivity contribution in [2.45, 2.75) is 77.0 Å². The molecule has 8 aromatic carbocycles. The van der Waals surface area contributed by atoms with Crippen molar-refractivity contribution in [1.29, 1.82) is 5.26 Å². The number of fused-ring (bicyclic) bond motifs is 13. The van der Waals surface area contributed by atoms with Crippen LogP contribution in [0.25, 0.3) is 82.0 Å². The molecule has 0 atom stereocenters. The van der Waals surface area contributed by atoms with Crippen molar-refractivity contribution >= 4 is 27.2 Å². The molecule has 0 aromatic heterocycles. The van der Waals surface area contributed by atoms with Gasteiger partial charge in [0.05, 0.1) is 18.2 Å². The quantitative estimate of drug-likeness (QED) is 0.161. The molecule has 0 N–H and O–H groups in total. The lowest BCUT2D eigenvalue weighted by Crippen LogP contribution is -2.43. The largest absolute Gasteiger partial charge is 0.238 e. The van der Waals surface area contributed by atoms with Gasteiger partial charge in [0, 0.05) is 10.8 Å². The van der Waals surface area contributed by atoms with Crippen molar-refractivity contribution in [2.24, 2.45) is 0 Å². The molecule has 0 aliphatic heterocycles. The number of hydrogen-bond acceptors (Lipinski definition) is 1. The molecular formula is C58H46N2. The van der Waals surface area contributed by atoms with Crippen molar-refractivity contribution in [3.63, 3.8) is 0 Å². The molecule has 0 fully saturated rings. The standard InChI is InChI=1S/C58H46N2/c1-55(2)47-28-43-44-29-48-46(54-40-17-13-11-15-38(40)42(27-52(54)56(48,3)4)35-22-24-36(60-9)25-23-35)31-50(44)58(7,8)57(5,6)49(43)30-45(47)53-39-16-12-10-14-37(39)41(26-51(53)55)34-20-18-33(32-59)19-21-34/h10-31H,1-8H3. The first-order valence-electron chi connectivity index (χ1n) is 21.2. The molecule has 3 aliphatic rings. The molecule has 0 heterocycles. The molecule has 0 bridgehead atoms. The average Bonchev–Trinajstić information content (AvgIpc) is 3.62. The summed E-state index contributed by atoms with van der Waals surface area (Å²) in [7, 11) is 0. The normalized spacial score (nSPS) is 16.5. The zero-order valence-corrected chi connectivity index (χ0v) is 35.6. The van der Waals surface area contributed by atoms with Gasteiger partial charge >= 0.3 is 0 Å². The number of nitriles is 1. The molecule has 0 amide bonds. The Kier molecular flexibility index (Phi) is 7.23. The Hall–Kier alpha value is -6.74. The molecule has 0 saturated heterocycles. The van der Waals surface area contributed by atoms with Gasteiger partial charge in [0.25, 0.3) is 0 Å². The smallest absolute Gasteiger partial charge is 0.187 e. The summed E-state index contributed by atoms with van der Waals surface area (Å²) in [5.41, 5.74) is 21.6. The van der Waals surface area contributed by atoms with Gasteiger partial charge in [0.2, 0.25) is 0 Å². The van der Waals surface area contributed by atoms with Crippen LogP contribution in [-0.4, -0.2) is 0 Å². The van der Waals surface area contributed by atoms with E-state index in [1.807, 2.05) is 24.3 Å². The van der Waals surface area contributed by atoms with Gasteiger partial charge < -0.3 is 0 Å². The van der Waals surface area contributed by atoms with E-state index in [-0.39, 0.29) is 21.7 Å². The predicted molar refractivity (Wildman–Crippen MR) is 250 cm³/mol. The summed E-state index contributed by atoms with van der Waals surface area (Å²) in [5, 5.41) is 14.6. The molecule has 2 heteroatoms. The highest BCUT2D eigenvalue weighted by Crippen LogP contribution is 2.62. The summed E-state index contributed by atoms with van der Waals surface area (Å²) < 4.78 is 0. The van der Waals surface area contributed by atoms with E-state index in [1.54, 1.807) is 0 Å². The topological polar surface area (TPSA) is 28.1 Å². The SMILES string of the molecule is [C-]#[N+]c1ccc(-c2cc3c(c4ccccc24)-c2cc4c(cc2C3(C)C)-c2cc3c(cc2C(C)(C)C4(C)C)-c2c(cc(-c4ccc(C#N)cc4)c4ccccc24)C3(C)C)cc1. The monoisotopic (exact) mass is 770 g/mol. The van der Waals surface area contributed by atoms with Crippen molar-refractivity contribution in [2.75, 3.05) is 0 Å². The first kappa shape index (κ1) is 36.3. The maximum Gasteiger partial charge on any atom is 0.187 e. The molecule has 11 rings (SSSR count). The molecular weight excluding hydrogens is 725 g/mol. The summed E-state index contributed by atoms with van der Waals surface area (Å²) in [6.07, 6.45) is 0. The lowest BCUT2D eigenvalue weighted by molar-refractivity contribution is 0.299. The minimum Gasteiger partial charge on any atom is -0.238 e. The van der Waals surface area contributed by atoms with Gasteiger partial charge in [-0.25, -0.2) is 4.85 Å². The van der Waals surface area contributed by atoms with Crippen molar-refractivity contribution in [3.05, 3.63) is 184 Å². The number of benzene rings is 8. The average molecular weight is 771 g/mol. The van der Waals surface area contributed by atoms with Crippen LogP contribution < -0.4 is 0 Å². The Bertz CT molecular complexity index is 3080. The van der Waals surface area contributed by atoms with Crippen LogP contribution in [0.3, 0.4) is 0 Å². The van der Waals surface area contributed by atoms with Crippen LogP contribution in [0.4, 0.5) is 5.69 Å². The van der Waals surface area contributed by atoms with E-state index >= 15 is 0 Å². The first-order chi connectivity index (χ1) is 28.7. The molecule has 8 aromatic rings. The minimum atomic E-state index is -0.239. The van der Waals surface area contributed by atoms with Gasteiger partial charge in [0.15, 0.2) is 5.69 Å². The molecule has 0 radical (unpaired) electrons. The van der Waals surface area contributed by atoms with Crippen molar-refractivity contribution < 1.29 is 0 Å². The fourth-order valence-electron chi connectivity index (χ4n) is 11.3. The van der Waals surface area contributed by atoms with Crippen LogP contribution in [0.2, 0.25) is 0 Å². The molecule has 288 valence electrons. The van der Waals surface area contributed by atoms with Crippen LogP contribution in [0.15, 0.2) is 133 Å². The van der Waals surface area contributed by atoms with E-state index < -0.39 is 0 Å². The van der Waals surface area contributed by atoms with Crippen LogP contribution in [0.5, 0.6) is 0 Å². The Morgan fingerprint density at radius 3 is 1.18 bits per heavy atom. The molecule has 60 heavy (non-hydrogen) atoms. The van der Waals surface area contributed by atoms with E-state index in [0.29, 0.717) is 11.3 Å². The third-order valence-electron chi connectivity index (χ3n) is 15.5. The Balaban J connectivity index is 1.15. The van der Waals surface area contributed by atoms with Gasteiger partial charge in [-0.1, -0.05) is 140 Å². The number of rotatable bonds is 2. The summed E-state index contributed by atoms with van der Waals surface area (Å²) in [6.45, 7) is 27.0. The first-order valence-corrected chi connectivity index (χ1v) is 21.2. The summed E-state index contributed by atoms with van der Waals surface area (Å²) >= 11 is 0. The van der Waals surface area contributed by atoms with E-state index in [9.17, 15) is 5.26 Å².